The number of amides is 2. The maximum absolute atomic E-state index is 12.5. The molecule has 2 heterocycles. The fraction of sp³-hybridized carbons (Fsp3) is 0.857. The summed E-state index contributed by atoms with van der Waals surface area (Å²) < 4.78 is 0. The maximum Gasteiger partial charge on any atom is 0.245 e. The van der Waals surface area contributed by atoms with Gasteiger partial charge in [-0.25, -0.2) is 0 Å². The van der Waals surface area contributed by atoms with E-state index in [1.54, 1.807) is 0 Å². The molecule has 2 amide bonds. The van der Waals surface area contributed by atoms with Gasteiger partial charge in [0, 0.05) is 26.1 Å². The highest BCUT2D eigenvalue weighted by Crippen LogP contribution is 2.25. The van der Waals surface area contributed by atoms with Crippen molar-refractivity contribution in [1.82, 2.24) is 9.80 Å². The summed E-state index contributed by atoms with van der Waals surface area (Å²) >= 11 is 0. The number of nitrogens with zero attached hydrogens (tertiary/aromatic N) is 2. The van der Waals surface area contributed by atoms with E-state index in [9.17, 15) is 9.59 Å². The zero-order valence-corrected chi connectivity index (χ0v) is 11.7. The molecular formula is C14H24N2O2. The van der Waals surface area contributed by atoms with E-state index >= 15 is 0 Å². The van der Waals surface area contributed by atoms with Crippen LogP contribution in [0.25, 0.3) is 0 Å². The van der Waals surface area contributed by atoms with Gasteiger partial charge in [-0.3, -0.25) is 9.59 Å². The van der Waals surface area contributed by atoms with Gasteiger partial charge in [0.1, 0.15) is 6.04 Å². The van der Waals surface area contributed by atoms with Gasteiger partial charge in [0.2, 0.25) is 11.8 Å². The van der Waals surface area contributed by atoms with Crippen LogP contribution in [0.15, 0.2) is 0 Å². The summed E-state index contributed by atoms with van der Waals surface area (Å²) in [6.45, 7) is 8.48. The molecule has 2 rings (SSSR count). The van der Waals surface area contributed by atoms with Crippen molar-refractivity contribution in [2.75, 3.05) is 19.6 Å². The van der Waals surface area contributed by atoms with E-state index in [4.69, 9.17) is 0 Å². The molecule has 18 heavy (non-hydrogen) atoms. The monoisotopic (exact) mass is 252 g/mol. The lowest BCUT2D eigenvalue weighted by atomic mass is 9.95. The Labute approximate surface area is 109 Å². The van der Waals surface area contributed by atoms with Gasteiger partial charge in [-0.2, -0.15) is 0 Å². The van der Waals surface area contributed by atoms with E-state index in [2.05, 4.69) is 20.8 Å². The average molecular weight is 252 g/mol. The van der Waals surface area contributed by atoms with Gasteiger partial charge in [0.25, 0.3) is 0 Å². The Hall–Kier alpha value is -1.06. The topological polar surface area (TPSA) is 40.6 Å². The lowest BCUT2D eigenvalue weighted by Crippen LogP contribution is -2.50. The van der Waals surface area contributed by atoms with Crippen LogP contribution < -0.4 is 0 Å². The predicted octanol–water partition coefficient (Wildman–Crippen LogP) is 1.65. The van der Waals surface area contributed by atoms with E-state index in [-0.39, 0.29) is 23.3 Å². The third kappa shape index (κ3) is 2.85. The molecule has 0 saturated carbocycles. The molecule has 0 spiro atoms. The van der Waals surface area contributed by atoms with E-state index in [1.165, 1.54) is 0 Å². The Morgan fingerprint density at radius 2 is 1.89 bits per heavy atom. The first-order chi connectivity index (χ1) is 8.38. The number of fused-ring (bicyclic) bond motifs is 1. The fourth-order valence-corrected chi connectivity index (χ4v) is 2.91. The average Bonchev–Trinajstić information content (AvgIpc) is 2.41. The summed E-state index contributed by atoms with van der Waals surface area (Å²) in [6.07, 6.45) is 3.42. The van der Waals surface area contributed by atoms with Crippen molar-refractivity contribution >= 4 is 11.8 Å². The highest BCUT2D eigenvalue weighted by Gasteiger charge is 2.38. The van der Waals surface area contributed by atoms with Crippen molar-refractivity contribution in [1.29, 1.82) is 0 Å². The Morgan fingerprint density at radius 1 is 1.17 bits per heavy atom. The first kappa shape index (κ1) is 13.4. The second-order valence-corrected chi connectivity index (χ2v) is 6.67. The summed E-state index contributed by atoms with van der Waals surface area (Å²) in [6, 6.07) is -0.184. The standard InChI is InChI=1S/C14H24N2O2/c1-14(2,3)10-15-9-7-12(17)16-8-5-4-6-11(16)13(15)18/h11H,4-10H2,1-3H3. The number of carbonyl (C=O) groups excluding carboxylic acids is 2. The highest BCUT2D eigenvalue weighted by atomic mass is 16.2. The Bertz CT molecular complexity index is 346. The smallest absolute Gasteiger partial charge is 0.245 e. The quantitative estimate of drug-likeness (QED) is 0.712. The van der Waals surface area contributed by atoms with Crippen molar-refractivity contribution in [2.24, 2.45) is 5.41 Å². The van der Waals surface area contributed by atoms with Gasteiger partial charge in [0.15, 0.2) is 0 Å². The molecular weight excluding hydrogens is 228 g/mol. The SMILES string of the molecule is CC(C)(C)CN1CCC(=O)N2CCCCC2C1=O. The number of carbonyl (C=O) groups is 2. The van der Waals surface area contributed by atoms with Crippen LogP contribution in [0.2, 0.25) is 0 Å². The van der Waals surface area contributed by atoms with Gasteiger partial charge in [-0.05, 0) is 24.7 Å². The molecule has 0 N–H and O–H groups in total. The summed E-state index contributed by atoms with van der Waals surface area (Å²) in [5.74, 6) is 0.319. The largest absolute Gasteiger partial charge is 0.340 e. The minimum atomic E-state index is -0.184. The van der Waals surface area contributed by atoms with Gasteiger partial charge in [0.05, 0.1) is 0 Å². The Kier molecular flexibility index (Phi) is 3.64. The molecule has 4 heteroatoms. The number of piperidine rings is 1. The molecule has 2 saturated heterocycles. The lowest BCUT2D eigenvalue weighted by molar-refractivity contribution is -0.143. The molecule has 2 fully saturated rings. The summed E-state index contributed by atoms with van der Waals surface area (Å²) in [7, 11) is 0. The number of hydrogen-bond acceptors (Lipinski definition) is 2. The Morgan fingerprint density at radius 3 is 2.56 bits per heavy atom. The van der Waals surface area contributed by atoms with Crippen LogP contribution in [0.1, 0.15) is 46.5 Å². The first-order valence-electron chi connectivity index (χ1n) is 6.97. The summed E-state index contributed by atoms with van der Waals surface area (Å²) in [5.41, 5.74) is 0.0859. The molecule has 1 atom stereocenters. The minimum Gasteiger partial charge on any atom is -0.340 e. The van der Waals surface area contributed by atoms with E-state index < -0.39 is 0 Å². The van der Waals surface area contributed by atoms with Gasteiger partial charge < -0.3 is 9.80 Å². The molecule has 0 aliphatic carbocycles. The summed E-state index contributed by atoms with van der Waals surface area (Å²) in [5, 5.41) is 0. The molecule has 2 aliphatic heterocycles. The van der Waals surface area contributed by atoms with Crippen molar-refractivity contribution in [3.8, 4) is 0 Å². The maximum atomic E-state index is 12.5. The van der Waals surface area contributed by atoms with Gasteiger partial charge >= 0.3 is 0 Å². The van der Waals surface area contributed by atoms with Crippen molar-refractivity contribution in [3.63, 3.8) is 0 Å². The van der Waals surface area contributed by atoms with Crippen molar-refractivity contribution < 1.29 is 9.59 Å². The van der Waals surface area contributed by atoms with Crippen molar-refractivity contribution in [2.45, 2.75) is 52.5 Å². The molecule has 1 unspecified atom stereocenters. The van der Waals surface area contributed by atoms with Gasteiger partial charge in [-0.1, -0.05) is 20.8 Å². The molecule has 0 aromatic carbocycles. The van der Waals surface area contributed by atoms with Crippen LogP contribution in [0.5, 0.6) is 0 Å². The second kappa shape index (κ2) is 4.90. The molecule has 102 valence electrons. The van der Waals surface area contributed by atoms with Crippen LogP contribution in [-0.2, 0) is 9.59 Å². The molecule has 0 radical (unpaired) electrons. The minimum absolute atomic E-state index is 0.0859. The van der Waals surface area contributed by atoms with Crippen LogP contribution >= 0.6 is 0 Å². The number of hydrogen-bond donors (Lipinski definition) is 0. The Balaban J connectivity index is 2.15. The van der Waals surface area contributed by atoms with E-state index in [0.29, 0.717) is 13.0 Å². The number of rotatable bonds is 1. The normalized spacial score (nSPS) is 26.1. The zero-order chi connectivity index (χ0) is 13.3. The first-order valence-corrected chi connectivity index (χ1v) is 6.97. The zero-order valence-electron chi connectivity index (χ0n) is 11.7. The van der Waals surface area contributed by atoms with Crippen LogP contribution in [-0.4, -0.2) is 47.3 Å². The van der Waals surface area contributed by atoms with Gasteiger partial charge in [-0.15, -0.1) is 0 Å². The predicted molar refractivity (Wildman–Crippen MR) is 70.0 cm³/mol. The summed E-state index contributed by atoms with van der Waals surface area (Å²) in [4.78, 5) is 28.3. The third-order valence-electron chi connectivity index (χ3n) is 3.68. The van der Waals surface area contributed by atoms with Crippen LogP contribution in [0.3, 0.4) is 0 Å². The van der Waals surface area contributed by atoms with Crippen molar-refractivity contribution in [3.05, 3.63) is 0 Å². The van der Waals surface area contributed by atoms with E-state index in [0.717, 1.165) is 32.4 Å². The molecule has 2 aliphatic rings. The van der Waals surface area contributed by atoms with E-state index in [1.807, 2.05) is 9.80 Å². The molecule has 0 aromatic rings. The highest BCUT2D eigenvalue weighted by molar-refractivity contribution is 5.90. The second-order valence-electron chi connectivity index (χ2n) is 6.67. The third-order valence-corrected chi connectivity index (χ3v) is 3.68. The van der Waals surface area contributed by atoms with Crippen LogP contribution in [0, 0.1) is 5.41 Å². The molecule has 4 nitrogen and oxygen atoms in total. The van der Waals surface area contributed by atoms with Crippen LogP contribution in [0.4, 0.5) is 0 Å². The lowest BCUT2D eigenvalue weighted by Gasteiger charge is -2.36. The molecule has 0 bridgehead atoms. The molecule has 0 aromatic heterocycles. The fourth-order valence-electron chi connectivity index (χ4n) is 2.91.